The highest BCUT2D eigenvalue weighted by atomic mass is 32.2. The molecule has 2 aromatic carbocycles. The molecule has 0 aliphatic carbocycles. The SMILES string of the molecule is CCOC(=O)Cn1c(=NC(=O)c2ccc(S(=O)(=O)N(CCC#N)CCC#N)cc2)sc2cc3c(cc21)OCO3. The van der Waals surface area contributed by atoms with Gasteiger partial charge < -0.3 is 18.8 Å². The standard InChI is InChI=1S/C25H23N5O7S2/c1-2-35-23(31)15-30-19-13-20-21(37-16-36-20)14-22(19)38-25(30)28-24(32)17-5-7-18(8-6-17)39(33,34)29(11-3-9-26)12-4-10-27/h5-8,13-14H,2-4,11-12,15-16H2,1H3. The summed E-state index contributed by atoms with van der Waals surface area (Å²) in [6.45, 7) is 1.68. The summed E-state index contributed by atoms with van der Waals surface area (Å²) in [5.74, 6) is -0.101. The molecule has 0 N–H and O–H groups in total. The number of aromatic nitrogens is 1. The second-order valence-electron chi connectivity index (χ2n) is 8.11. The zero-order valence-electron chi connectivity index (χ0n) is 20.8. The van der Waals surface area contributed by atoms with Crippen LogP contribution in [0.15, 0.2) is 46.3 Å². The van der Waals surface area contributed by atoms with Gasteiger partial charge in [0.15, 0.2) is 16.3 Å². The average Bonchev–Trinajstić information content (AvgIpc) is 3.51. The van der Waals surface area contributed by atoms with Crippen LogP contribution in [0.25, 0.3) is 10.2 Å². The van der Waals surface area contributed by atoms with Crippen molar-refractivity contribution in [3.8, 4) is 23.6 Å². The van der Waals surface area contributed by atoms with Crippen molar-refractivity contribution in [2.75, 3.05) is 26.5 Å². The molecule has 1 aliphatic rings. The monoisotopic (exact) mass is 569 g/mol. The summed E-state index contributed by atoms with van der Waals surface area (Å²) in [7, 11) is -3.98. The van der Waals surface area contributed by atoms with Gasteiger partial charge in [0, 0.05) is 43.6 Å². The minimum Gasteiger partial charge on any atom is -0.465 e. The highest BCUT2D eigenvalue weighted by Gasteiger charge is 2.24. The third-order valence-electron chi connectivity index (χ3n) is 5.65. The number of hydrogen-bond acceptors (Lipinski definition) is 10. The summed E-state index contributed by atoms with van der Waals surface area (Å²) >= 11 is 1.18. The highest BCUT2D eigenvalue weighted by molar-refractivity contribution is 7.89. The van der Waals surface area contributed by atoms with Gasteiger partial charge in [0.2, 0.25) is 16.8 Å². The second-order valence-corrected chi connectivity index (χ2v) is 11.1. The number of thiazole rings is 1. The van der Waals surface area contributed by atoms with Gasteiger partial charge in [-0.2, -0.15) is 19.8 Å². The van der Waals surface area contributed by atoms with Crippen molar-refractivity contribution < 1.29 is 32.2 Å². The Labute approximate surface area is 227 Å². The number of nitrogens with zero attached hydrogens (tertiary/aromatic N) is 5. The van der Waals surface area contributed by atoms with Gasteiger partial charge in [0.05, 0.1) is 33.9 Å². The molecule has 2 heterocycles. The molecule has 0 atom stereocenters. The molecule has 0 fully saturated rings. The van der Waals surface area contributed by atoms with Gasteiger partial charge in [-0.15, -0.1) is 0 Å². The van der Waals surface area contributed by atoms with Crippen LogP contribution in [0.5, 0.6) is 11.5 Å². The Morgan fingerprint density at radius 1 is 1.10 bits per heavy atom. The van der Waals surface area contributed by atoms with Crippen molar-refractivity contribution in [3.63, 3.8) is 0 Å². The van der Waals surface area contributed by atoms with Crippen molar-refractivity contribution in [1.82, 2.24) is 8.87 Å². The van der Waals surface area contributed by atoms with Gasteiger partial charge in [0.1, 0.15) is 6.54 Å². The molecule has 0 bridgehead atoms. The largest absolute Gasteiger partial charge is 0.465 e. The zero-order chi connectivity index (χ0) is 28.0. The minimum absolute atomic E-state index is 0.0255. The zero-order valence-corrected chi connectivity index (χ0v) is 22.5. The van der Waals surface area contributed by atoms with Crippen molar-refractivity contribution in [2.24, 2.45) is 4.99 Å². The maximum Gasteiger partial charge on any atom is 0.326 e. The van der Waals surface area contributed by atoms with E-state index in [4.69, 9.17) is 24.7 Å². The Hall–Kier alpha value is -4.24. The van der Waals surface area contributed by atoms with E-state index in [9.17, 15) is 18.0 Å². The van der Waals surface area contributed by atoms with Gasteiger partial charge in [0.25, 0.3) is 5.91 Å². The number of carbonyl (C=O) groups excluding carboxylic acids is 2. The lowest BCUT2D eigenvalue weighted by Gasteiger charge is -2.20. The first-order valence-corrected chi connectivity index (χ1v) is 14.1. The lowest BCUT2D eigenvalue weighted by Crippen LogP contribution is -2.32. The van der Waals surface area contributed by atoms with Crippen molar-refractivity contribution in [1.29, 1.82) is 10.5 Å². The number of carbonyl (C=O) groups is 2. The van der Waals surface area contributed by atoms with Crippen LogP contribution in [0.1, 0.15) is 30.1 Å². The topological polar surface area (TPSA) is 164 Å². The van der Waals surface area contributed by atoms with E-state index in [1.165, 1.54) is 35.6 Å². The van der Waals surface area contributed by atoms with Crippen LogP contribution >= 0.6 is 11.3 Å². The van der Waals surface area contributed by atoms with E-state index in [1.54, 1.807) is 23.6 Å². The summed E-state index contributed by atoms with van der Waals surface area (Å²) < 4.78 is 45.4. The van der Waals surface area contributed by atoms with Crippen LogP contribution in [-0.4, -0.2) is 55.7 Å². The summed E-state index contributed by atoms with van der Waals surface area (Å²) in [6.07, 6.45) is -0.0510. The molecule has 3 aromatic rings. The molecule has 0 unspecified atom stereocenters. The Morgan fingerprint density at radius 3 is 2.36 bits per heavy atom. The predicted octanol–water partition coefficient (Wildman–Crippen LogP) is 2.55. The molecule has 1 aromatic heterocycles. The molecule has 0 saturated carbocycles. The van der Waals surface area contributed by atoms with Crippen molar-refractivity contribution in [3.05, 3.63) is 46.8 Å². The molecular formula is C25H23N5O7S2. The fourth-order valence-corrected chi connectivity index (χ4v) is 6.28. The summed E-state index contributed by atoms with van der Waals surface area (Å²) in [5.41, 5.74) is 0.740. The van der Waals surface area contributed by atoms with Gasteiger partial charge in [-0.1, -0.05) is 11.3 Å². The molecule has 1 aliphatic heterocycles. The van der Waals surface area contributed by atoms with E-state index in [0.717, 1.165) is 4.31 Å². The number of hydrogen-bond donors (Lipinski definition) is 0. The van der Waals surface area contributed by atoms with E-state index in [2.05, 4.69) is 4.99 Å². The maximum atomic E-state index is 13.1. The molecule has 0 radical (unpaired) electrons. The van der Waals surface area contributed by atoms with Gasteiger partial charge >= 0.3 is 5.97 Å². The van der Waals surface area contributed by atoms with Gasteiger partial charge in [-0.05, 0) is 31.2 Å². The van der Waals surface area contributed by atoms with Crippen LogP contribution in [0, 0.1) is 22.7 Å². The van der Waals surface area contributed by atoms with Crippen LogP contribution < -0.4 is 14.3 Å². The van der Waals surface area contributed by atoms with Crippen molar-refractivity contribution >= 4 is 43.5 Å². The molecule has 14 heteroatoms. The third-order valence-corrected chi connectivity index (χ3v) is 8.61. The Balaban J connectivity index is 1.67. The number of fused-ring (bicyclic) bond motifs is 2. The second kappa shape index (κ2) is 12.1. The molecule has 0 spiro atoms. The first-order chi connectivity index (χ1) is 18.8. The Kier molecular flexibility index (Phi) is 8.61. The Bertz CT molecular complexity index is 1640. The first-order valence-electron chi connectivity index (χ1n) is 11.8. The quantitative estimate of drug-likeness (QED) is 0.334. The van der Waals surface area contributed by atoms with E-state index in [0.29, 0.717) is 21.7 Å². The average molecular weight is 570 g/mol. The number of benzene rings is 2. The van der Waals surface area contributed by atoms with Crippen molar-refractivity contribution in [2.45, 2.75) is 31.2 Å². The number of amides is 1. The van der Waals surface area contributed by atoms with Crippen LogP contribution in [0.2, 0.25) is 0 Å². The van der Waals surface area contributed by atoms with E-state index in [-0.39, 0.29) is 61.1 Å². The number of rotatable bonds is 10. The van der Waals surface area contributed by atoms with E-state index >= 15 is 0 Å². The summed E-state index contributed by atoms with van der Waals surface area (Å²) in [4.78, 5) is 29.7. The molecule has 202 valence electrons. The maximum absolute atomic E-state index is 13.1. The molecule has 4 rings (SSSR count). The van der Waals surface area contributed by atoms with Gasteiger partial charge in [-0.25, -0.2) is 8.42 Å². The normalized spacial score (nSPS) is 12.9. The summed E-state index contributed by atoms with van der Waals surface area (Å²) in [6, 6.07) is 12.5. The number of sulfonamides is 1. The number of ether oxygens (including phenoxy) is 3. The van der Waals surface area contributed by atoms with Crippen LogP contribution in [0.3, 0.4) is 0 Å². The van der Waals surface area contributed by atoms with Crippen LogP contribution in [0.4, 0.5) is 0 Å². The highest BCUT2D eigenvalue weighted by Crippen LogP contribution is 2.37. The van der Waals surface area contributed by atoms with Crippen LogP contribution in [-0.2, 0) is 26.1 Å². The molecule has 1 amide bonds. The van der Waals surface area contributed by atoms with E-state index in [1.807, 2.05) is 12.1 Å². The fraction of sp³-hybridized carbons (Fsp3) is 0.320. The fourth-order valence-electron chi connectivity index (χ4n) is 3.81. The first kappa shape index (κ1) is 27.8. The molecule has 12 nitrogen and oxygen atoms in total. The number of nitriles is 2. The molecule has 0 saturated heterocycles. The van der Waals surface area contributed by atoms with E-state index < -0.39 is 21.9 Å². The smallest absolute Gasteiger partial charge is 0.326 e. The Morgan fingerprint density at radius 2 is 1.74 bits per heavy atom. The lowest BCUT2D eigenvalue weighted by atomic mass is 10.2. The lowest BCUT2D eigenvalue weighted by molar-refractivity contribution is -0.143. The predicted molar refractivity (Wildman–Crippen MR) is 138 cm³/mol. The van der Waals surface area contributed by atoms with Gasteiger partial charge in [-0.3, -0.25) is 9.59 Å². The summed E-state index contributed by atoms with van der Waals surface area (Å²) in [5, 5.41) is 17.7. The minimum atomic E-state index is -3.98. The molecular weight excluding hydrogens is 546 g/mol. The number of esters is 1. The third kappa shape index (κ3) is 6.09. The molecule has 39 heavy (non-hydrogen) atoms.